The van der Waals surface area contributed by atoms with Crippen LogP contribution in [0.5, 0.6) is 0 Å². The third kappa shape index (κ3) is 4.61. The Balaban J connectivity index is 1.70. The zero-order valence-electron chi connectivity index (χ0n) is 21.8. The molecule has 200 valence electrons. The number of unbranched alkanes of at least 4 members (excludes halogenated alkanes) is 1. The van der Waals surface area contributed by atoms with E-state index in [2.05, 4.69) is 13.2 Å². The molecule has 37 heavy (non-hydrogen) atoms. The number of benzene rings is 1. The molecule has 2 unspecified atom stereocenters. The van der Waals surface area contributed by atoms with Crippen molar-refractivity contribution in [3.05, 3.63) is 61.2 Å². The van der Waals surface area contributed by atoms with Gasteiger partial charge in [-0.2, -0.15) is 0 Å². The third-order valence-electron chi connectivity index (χ3n) is 8.12. The van der Waals surface area contributed by atoms with E-state index in [9.17, 15) is 19.5 Å². The van der Waals surface area contributed by atoms with Gasteiger partial charge in [-0.05, 0) is 45.1 Å². The van der Waals surface area contributed by atoms with Crippen molar-refractivity contribution in [2.45, 2.75) is 69.4 Å². The minimum Gasteiger partial charge on any atom is -0.465 e. The second kappa shape index (κ2) is 10.8. The highest BCUT2D eigenvalue weighted by Crippen LogP contribution is 2.63. The van der Waals surface area contributed by atoms with Crippen molar-refractivity contribution in [3.63, 3.8) is 0 Å². The minimum atomic E-state index is -1.16. The molecule has 2 amide bonds. The largest absolute Gasteiger partial charge is 0.465 e. The van der Waals surface area contributed by atoms with Gasteiger partial charge >= 0.3 is 5.97 Å². The predicted molar refractivity (Wildman–Crippen MR) is 138 cm³/mol. The molecule has 2 bridgehead atoms. The molecular formula is C29H38N2O6. The van der Waals surface area contributed by atoms with E-state index in [0.29, 0.717) is 25.8 Å². The molecule has 1 aromatic carbocycles. The molecule has 3 saturated heterocycles. The van der Waals surface area contributed by atoms with Crippen molar-refractivity contribution >= 4 is 17.8 Å². The molecule has 3 fully saturated rings. The number of allylic oxidation sites excluding steroid dienone is 1. The van der Waals surface area contributed by atoms with E-state index in [-0.39, 0.29) is 31.6 Å². The summed E-state index contributed by atoms with van der Waals surface area (Å²) in [7, 11) is 0. The van der Waals surface area contributed by atoms with Crippen LogP contribution in [0.4, 0.5) is 0 Å². The highest BCUT2D eigenvalue weighted by Gasteiger charge is 2.78. The number of ether oxygens (including phenoxy) is 2. The standard InChI is InChI=1S/C29H38N2O6/c1-5-7-11-17-36-27(35)23-22-25(33)31(20(3)19-32)24(29(22)15-14-28(23,4)37-29)26(34)30(16-6-2)18-21-12-9-8-10-13-21/h5-6,8-10,12-13,20,22-24,32H,1-2,7,11,14-19H2,3-4H3/t20-,22+,23-,24?,28+,29?/m1/s1. The maximum atomic E-state index is 14.3. The Morgan fingerprint density at radius 3 is 2.65 bits per heavy atom. The molecule has 3 aliphatic heterocycles. The minimum absolute atomic E-state index is 0.231. The lowest BCUT2D eigenvalue weighted by atomic mass is 9.66. The lowest BCUT2D eigenvalue weighted by Gasteiger charge is -2.38. The van der Waals surface area contributed by atoms with Crippen LogP contribution in [0.3, 0.4) is 0 Å². The van der Waals surface area contributed by atoms with Gasteiger partial charge in [-0.25, -0.2) is 0 Å². The van der Waals surface area contributed by atoms with Gasteiger partial charge in [0.25, 0.3) is 0 Å². The van der Waals surface area contributed by atoms with E-state index in [0.717, 1.165) is 12.0 Å². The molecule has 0 aliphatic carbocycles. The molecule has 4 rings (SSSR count). The van der Waals surface area contributed by atoms with Crippen LogP contribution in [0.2, 0.25) is 0 Å². The molecule has 1 aromatic rings. The zero-order valence-corrected chi connectivity index (χ0v) is 21.8. The monoisotopic (exact) mass is 510 g/mol. The highest BCUT2D eigenvalue weighted by atomic mass is 16.6. The van der Waals surface area contributed by atoms with Crippen molar-refractivity contribution in [3.8, 4) is 0 Å². The Bertz CT molecular complexity index is 1040. The number of carbonyl (C=O) groups is 3. The molecule has 0 aromatic heterocycles. The lowest BCUT2D eigenvalue weighted by molar-refractivity contribution is -0.161. The quantitative estimate of drug-likeness (QED) is 0.264. The maximum absolute atomic E-state index is 14.3. The summed E-state index contributed by atoms with van der Waals surface area (Å²) >= 11 is 0. The first-order valence-electron chi connectivity index (χ1n) is 13.1. The molecule has 8 heteroatoms. The number of amides is 2. The van der Waals surface area contributed by atoms with Gasteiger partial charge in [0.15, 0.2) is 0 Å². The van der Waals surface area contributed by atoms with Crippen LogP contribution < -0.4 is 0 Å². The summed E-state index contributed by atoms with van der Waals surface area (Å²) in [6, 6.07) is 8.03. The van der Waals surface area contributed by atoms with Gasteiger partial charge in [-0.1, -0.05) is 42.5 Å². The zero-order chi connectivity index (χ0) is 26.8. The molecule has 0 radical (unpaired) electrons. The van der Waals surface area contributed by atoms with Crippen LogP contribution in [0.15, 0.2) is 55.6 Å². The molecular weight excluding hydrogens is 472 g/mol. The van der Waals surface area contributed by atoms with Crippen LogP contribution in [0.25, 0.3) is 0 Å². The van der Waals surface area contributed by atoms with E-state index < -0.39 is 41.1 Å². The first-order valence-corrected chi connectivity index (χ1v) is 13.1. The maximum Gasteiger partial charge on any atom is 0.312 e. The Morgan fingerprint density at radius 2 is 2.00 bits per heavy atom. The number of hydrogen-bond donors (Lipinski definition) is 1. The molecule has 1 N–H and O–H groups in total. The number of likely N-dealkylation sites (tertiary alicyclic amines) is 1. The number of esters is 1. The summed E-state index contributed by atoms with van der Waals surface area (Å²) in [6.07, 6.45) is 5.79. The van der Waals surface area contributed by atoms with Crippen molar-refractivity contribution in [1.29, 1.82) is 0 Å². The molecule has 3 heterocycles. The molecule has 8 nitrogen and oxygen atoms in total. The third-order valence-corrected chi connectivity index (χ3v) is 8.12. The van der Waals surface area contributed by atoms with E-state index in [1.165, 1.54) is 4.90 Å². The summed E-state index contributed by atoms with van der Waals surface area (Å²) in [5.74, 6) is -2.74. The number of aliphatic hydroxyl groups is 1. The second-order valence-electron chi connectivity index (χ2n) is 10.6. The Labute approximate surface area is 218 Å². The summed E-state index contributed by atoms with van der Waals surface area (Å²) in [6.45, 7) is 11.6. The number of carbonyl (C=O) groups excluding carboxylic acids is 3. The lowest BCUT2D eigenvalue weighted by Crippen LogP contribution is -2.58. The average molecular weight is 511 g/mol. The van der Waals surface area contributed by atoms with Crippen LogP contribution in [0, 0.1) is 11.8 Å². The van der Waals surface area contributed by atoms with E-state index in [1.807, 2.05) is 37.3 Å². The van der Waals surface area contributed by atoms with E-state index in [1.54, 1.807) is 24.0 Å². The van der Waals surface area contributed by atoms with Crippen LogP contribution in [-0.2, 0) is 30.4 Å². The van der Waals surface area contributed by atoms with Gasteiger partial charge in [-0.15, -0.1) is 13.2 Å². The number of rotatable bonds is 12. The fourth-order valence-electron chi connectivity index (χ4n) is 6.42. The topological polar surface area (TPSA) is 96.4 Å². The normalized spacial score (nSPS) is 30.6. The van der Waals surface area contributed by atoms with E-state index >= 15 is 0 Å². The Kier molecular flexibility index (Phi) is 7.90. The predicted octanol–water partition coefficient (Wildman–Crippen LogP) is 2.86. The number of nitrogens with zero attached hydrogens (tertiary/aromatic N) is 2. The van der Waals surface area contributed by atoms with Gasteiger partial charge in [-0.3, -0.25) is 14.4 Å². The Hall–Kier alpha value is -2.97. The van der Waals surface area contributed by atoms with Crippen molar-refractivity contribution in [2.75, 3.05) is 19.8 Å². The summed E-state index contributed by atoms with van der Waals surface area (Å²) in [5, 5.41) is 10.0. The van der Waals surface area contributed by atoms with E-state index in [4.69, 9.17) is 9.47 Å². The Morgan fingerprint density at radius 1 is 1.27 bits per heavy atom. The molecule has 1 spiro atoms. The summed E-state index contributed by atoms with van der Waals surface area (Å²) in [5.41, 5.74) is -1.11. The first kappa shape index (κ1) is 27.1. The smallest absolute Gasteiger partial charge is 0.312 e. The summed E-state index contributed by atoms with van der Waals surface area (Å²) < 4.78 is 12.2. The number of aliphatic hydroxyl groups excluding tert-OH is 1. The van der Waals surface area contributed by atoms with Crippen molar-refractivity contribution in [2.24, 2.45) is 11.8 Å². The fourth-order valence-corrected chi connectivity index (χ4v) is 6.42. The van der Waals surface area contributed by atoms with Crippen molar-refractivity contribution < 1.29 is 29.0 Å². The average Bonchev–Trinajstić information content (AvgIpc) is 3.46. The molecule has 3 aliphatic rings. The fraction of sp³-hybridized carbons (Fsp3) is 0.552. The second-order valence-corrected chi connectivity index (χ2v) is 10.6. The first-order chi connectivity index (χ1) is 17.7. The number of fused-ring (bicyclic) bond motifs is 1. The SMILES string of the molecule is C=CCCCOC(=O)[C@H]1[C@H]2C(=O)N([C@H](C)CO)C(C(=O)N(CC=C)Cc3ccccc3)C23CC[C@]1(C)O3. The number of hydrogen-bond acceptors (Lipinski definition) is 6. The summed E-state index contributed by atoms with van der Waals surface area (Å²) in [4.78, 5) is 44.7. The molecule has 0 saturated carbocycles. The van der Waals surface area contributed by atoms with Crippen LogP contribution in [0.1, 0.15) is 45.1 Å². The highest BCUT2D eigenvalue weighted by molar-refractivity contribution is 5.98. The van der Waals surface area contributed by atoms with Gasteiger partial charge in [0.05, 0.1) is 30.8 Å². The van der Waals surface area contributed by atoms with Crippen molar-refractivity contribution in [1.82, 2.24) is 9.80 Å². The van der Waals surface area contributed by atoms with Gasteiger partial charge in [0.1, 0.15) is 17.6 Å². The van der Waals surface area contributed by atoms with Gasteiger partial charge in [0, 0.05) is 13.1 Å². The molecule has 6 atom stereocenters. The van der Waals surface area contributed by atoms with Gasteiger partial charge < -0.3 is 24.4 Å². The van der Waals surface area contributed by atoms with Gasteiger partial charge in [0.2, 0.25) is 11.8 Å². The van der Waals surface area contributed by atoms with Crippen LogP contribution >= 0.6 is 0 Å². The van der Waals surface area contributed by atoms with Crippen LogP contribution in [-0.4, -0.2) is 75.7 Å².